The van der Waals surface area contributed by atoms with E-state index in [1.807, 2.05) is 0 Å². The van der Waals surface area contributed by atoms with Crippen molar-refractivity contribution in [2.75, 3.05) is 24.6 Å². The zero-order chi connectivity index (χ0) is 14.6. The predicted octanol–water partition coefficient (Wildman–Crippen LogP) is 0.552. The van der Waals surface area contributed by atoms with Crippen LogP contribution in [-0.2, 0) is 4.79 Å². The van der Waals surface area contributed by atoms with Crippen LogP contribution in [0.1, 0.15) is 24.2 Å². The Kier molecular flexibility index (Phi) is 4.37. The van der Waals surface area contributed by atoms with E-state index in [0.717, 1.165) is 0 Å². The van der Waals surface area contributed by atoms with E-state index in [-0.39, 0.29) is 5.91 Å². The molecule has 0 atom stereocenters. The number of carbonyl (C=O) groups excluding carboxylic acids is 2. The molecule has 1 aromatic carbocycles. The number of anilines is 2. The van der Waals surface area contributed by atoms with Crippen LogP contribution < -0.4 is 22.1 Å². The molecule has 6 nitrogen and oxygen atoms in total. The van der Waals surface area contributed by atoms with Crippen molar-refractivity contribution in [1.29, 1.82) is 0 Å². The molecule has 0 aromatic heterocycles. The van der Waals surface area contributed by atoms with Crippen LogP contribution in [0.5, 0.6) is 0 Å². The summed E-state index contributed by atoms with van der Waals surface area (Å²) in [5.41, 5.74) is 11.9. The third kappa shape index (κ3) is 3.61. The molecule has 1 rings (SSSR count). The average molecular weight is 264 g/mol. The lowest BCUT2D eigenvalue weighted by Crippen LogP contribution is -2.37. The standard InChI is InChI=1S/C13H20N4O2/c1-13(2,12(15)19)7-17-10-6-8(14)4-5-9(10)11(18)16-3/h4-6,17H,7,14H2,1-3H3,(H2,15,19)(H,16,18). The third-order valence-electron chi connectivity index (χ3n) is 2.90. The summed E-state index contributed by atoms with van der Waals surface area (Å²) in [6.07, 6.45) is 0. The number of nitrogen functional groups attached to an aromatic ring is 1. The first-order valence-corrected chi connectivity index (χ1v) is 5.93. The average Bonchev–Trinajstić information content (AvgIpc) is 2.35. The van der Waals surface area contributed by atoms with E-state index in [1.54, 1.807) is 39.1 Å². The van der Waals surface area contributed by atoms with Crippen molar-refractivity contribution >= 4 is 23.2 Å². The maximum absolute atomic E-state index is 11.7. The molecule has 0 saturated carbocycles. The topological polar surface area (TPSA) is 110 Å². The van der Waals surface area contributed by atoms with Gasteiger partial charge in [0.15, 0.2) is 0 Å². The Hall–Kier alpha value is -2.24. The van der Waals surface area contributed by atoms with Crippen molar-refractivity contribution in [3.8, 4) is 0 Å². The van der Waals surface area contributed by atoms with Crippen LogP contribution in [0, 0.1) is 5.41 Å². The lowest BCUT2D eigenvalue weighted by molar-refractivity contribution is -0.125. The van der Waals surface area contributed by atoms with Crippen molar-refractivity contribution < 1.29 is 9.59 Å². The largest absolute Gasteiger partial charge is 0.399 e. The second-order valence-corrected chi connectivity index (χ2v) is 4.99. The molecule has 0 unspecified atom stereocenters. The minimum Gasteiger partial charge on any atom is -0.399 e. The van der Waals surface area contributed by atoms with Crippen LogP contribution in [0.3, 0.4) is 0 Å². The van der Waals surface area contributed by atoms with Crippen molar-refractivity contribution in [2.24, 2.45) is 11.1 Å². The van der Waals surface area contributed by atoms with Gasteiger partial charge in [-0.2, -0.15) is 0 Å². The predicted molar refractivity (Wildman–Crippen MR) is 75.7 cm³/mol. The van der Waals surface area contributed by atoms with Crippen LogP contribution in [0.2, 0.25) is 0 Å². The molecule has 0 heterocycles. The van der Waals surface area contributed by atoms with Gasteiger partial charge in [0.1, 0.15) is 0 Å². The van der Waals surface area contributed by atoms with Gasteiger partial charge in [-0.25, -0.2) is 0 Å². The van der Waals surface area contributed by atoms with Gasteiger partial charge in [0.2, 0.25) is 5.91 Å². The summed E-state index contributed by atoms with van der Waals surface area (Å²) in [5, 5.41) is 5.60. The number of hydrogen-bond donors (Lipinski definition) is 4. The highest BCUT2D eigenvalue weighted by molar-refractivity contribution is 6.00. The quantitative estimate of drug-likeness (QED) is 0.582. The number of primary amides is 1. The van der Waals surface area contributed by atoms with Gasteiger partial charge in [-0.1, -0.05) is 0 Å². The zero-order valence-electron chi connectivity index (χ0n) is 11.4. The number of nitrogens with one attached hydrogen (secondary N) is 2. The van der Waals surface area contributed by atoms with Crippen molar-refractivity contribution in [3.05, 3.63) is 23.8 Å². The molecule has 0 aliphatic heterocycles. The molecule has 0 aliphatic carbocycles. The molecule has 1 aromatic rings. The minimum atomic E-state index is -0.718. The Balaban J connectivity index is 2.97. The summed E-state index contributed by atoms with van der Waals surface area (Å²) in [7, 11) is 1.55. The van der Waals surface area contributed by atoms with Crippen LogP contribution >= 0.6 is 0 Å². The van der Waals surface area contributed by atoms with E-state index in [4.69, 9.17) is 11.5 Å². The second kappa shape index (κ2) is 5.60. The van der Waals surface area contributed by atoms with Gasteiger partial charge in [-0.3, -0.25) is 9.59 Å². The number of benzene rings is 1. The van der Waals surface area contributed by atoms with E-state index in [2.05, 4.69) is 10.6 Å². The highest BCUT2D eigenvalue weighted by Gasteiger charge is 2.25. The van der Waals surface area contributed by atoms with Gasteiger partial charge in [0.05, 0.1) is 11.0 Å². The van der Waals surface area contributed by atoms with E-state index in [1.165, 1.54) is 0 Å². The molecule has 0 spiro atoms. The Bertz CT molecular complexity index is 497. The fourth-order valence-electron chi connectivity index (χ4n) is 1.44. The molecule has 0 bridgehead atoms. The van der Waals surface area contributed by atoms with E-state index < -0.39 is 11.3 Å². The van der Waals surface area contributed by atoms with Gasteiger partial charge in [-0.05, 0) is 32.0 Å². The molecule has 0 aliphatic rings. The highest BCUT2D eigenvalue weighted by atomic mass is 16.2. The smallest absolute Gasteiger partial charge is 0.253 e. The van der Waals surface area contributed by atoms with Crippen molar-refractivity contribution in [1.82, 2.24) is 5.32 Å². The summed E-state index contributed by atoms with van der Waals surface area (Å²) < 4.78 is 0. The maximum Gasteiger partial charge on any atom is 0.253 e. The first-order chi connectivity index (χ1) is 8.77. The second-order valence-electron chi connectivity index (χ2n) is 4.99. The SMILES string of the molecule is CNC(=O)c1ccc(N)cc1NCC(C)(C)C(N)=O. The van der Waals surface area contributed by atoms with Crippen LogP contribution in [0.25, 0.3) is 0 Å². The molecule has 6 N–H and O–H groups in total. The van der Waals surface area contributed by atoms with E-state index >= 15 is 0 Å². The molecular formula is C13H20N4O2. The Morgan fingerprint density at radius 1 is 1.32 bits per heavy atom. The highest BCUT2D eigenvalue weighted by Crippen LogP contribution is 2.22. The van der Waals surface area contributed by atoms with Gasteiger partial charge >= 0.3 is 0 Å². The summed E-state index contributed by atoms with van der Waals surface area (Å²) in [6, 6.07) is 4.93. The molecular weight excluding hydrogens is 244 g/mol. The number of amides is 2. The third-order valence-corrected chi connectivity index (χ3v) is 2.90. The Morgan fingerprint density at radius 2 is 1.95 bits per heavy atom. The first-order valence-electron chi connectivity index (χ1n) is 5.93. The van der Waals surface area contributed by atoms with Crippen molar-refractivity contribution in [2.45, 2.75) is 13.8 Å². The molecule has 104 valence electrons. The maximum atomic E-state index is 11.7. The Morgan fingerprint density at radius 3 is 2.47 bits per heavy atom. The monoisotopic (exact) mass is 264 g/mol. The summed E-state index contributed by atoms with van der Waals surface area (Å²) in [4.78, 5) is 23.0. The van der Waals surface area contributed by atoms with Gasteiger partial charge in [-0.15, -0.1) is 0 Å². The molecule has 6 heteroatoms. The van der Waals surface area contributed by atoms with Crippen LogP contribution in [0.15, 0.2) is 18.2 Å². The number of nitrogens with two attached hydrogens (primary N) is 2. The lowest BCUT2D eigenvalue weighted by Gasteiger charge is -2.22. The summed E-state index contributed by atoms with van der Waals surface area (Å²) >= 11 is 0. The number of hydrogen-bond acceptors (Lipinski definition) is 4. The first kappa shape index (κ1) is 14.8. The number of carbonyl (C=O) groups is 2. The summed E-state index contributed by atoms with van der Waals surface area (Å²) in [5.74, 6) is -0.634. The molecule has 0 fully saturated rings. The molecule has 0 saturated heterocycles. The van der Waals surface area contributed by atoms with Gasteiger partial charge in [0, 0.05) is 25.0 Å². The fraction of sp³-hybridized carbons (Fsp3) is 0.385. The van der Waals surface area contributed by atoms with Crippen molar-refractivity contribution in [3.63, 3.8) is 0 Å². The molecule has 19 heavy (non-hydrogen) atoms. The fourth-order valence-corrected chi connectivity index (χ4v) is 1.44. The number of rotatable bonds is 5. The van der Waals surface area contributed by atoms with Gasteiger partial charge < -0.3 is 22.1 Å². The van der Waals surface area contributed by atoms with E-state index in [9.17, 15) is 9.59 Å². The summed E-state index contributed by atoms with van der Waals surface area (Å²) in [6.45, 7) is 3.78. The Labute approximate surface area is 112 Å². The van der Waals surface area contributed by atoms with Crippen LogP contribution in [-0.4, -0.2) is 25.4 Å². The molecule has 0 radical (unpaired) electrons. The van der Waals surface area contributed by atoms with Crippen LogP contribution in [0.4, 0.5) is 11.4 Å². The van der Waals surface area contributed by atoms with E-state index in [0.29, 0.717) is 23.5 Å². The zero-order valence-corrected chi connectivity index (χ0v) is 11.4. The lowest BCUT2D eigenvalue weighted by atomic mass is 9.92. The van der Waals surface area contributed by atoms with Gasteiger partial charge in [0.25, 0.3) is 5.91 Å². The molecule has 2 amide bonds. The minimum absolute atomic E-state index is 0.223. The normalized spacial score (nSPS) is 10.9.